The van der Waals surface area contributed by atoms with Crippen molar-refractivity contribution in [3.05, 3.63) is 38.7 Å². The van der Waals surface area contributed by atoms with Crippen molar-refractivity contribution in [2.45, 2.75) is 39.3 Å². The third-order valence-corrected chi connectivity index (χ3v) is 8.00. The number of anilines is 1. The molecule has 2 fully saturated rings. The van der Waals surface area contributed by atoms with Crippen LogP contribution in [-0.4, -0.2) is 47.7 Å². The van der Waals surface area contributed by atoms with Crippen molar-refractivity contribution < 1.29 is 4.74 Å². The largest absolute Gasteiger partial charge is 0.379 e. The smallest absolute Gasteiger partial charge is 0.146 e. The number of aromatic nitrogens is 2. The van der Waals surface area contributed by atoms with E-state index in [1.807, 2.05) is 22.7 Å². The number of aryl methyl sites for hydroxylation is 2. The molecule has 2 aliphatic rings. The van der Waals surface area contributed by atoms with Crippen molar-refractivity contribution >= 4 is 38.7 Å². The molecule has 0 amide bonds. The molecule has 7 heteroatoms. The minimum Gasteiger partial charge on any atom is -0.379 e. The van der Waals surface area contributed by atoms with Gasteiger partial charge < -0.3 is 9.64 Å². The first-order valence-corrected chi connectivity index (χ1v) is 11.8. The number of morpholine rings is 1. The van der Waals surface area contributed by atoms with Gasteiger partial charge in [0.1, 0.15) is 16.5 Å². The minimum atomic E-state index is 0.439. The topological polar surface area (TPSA) is 41.5 Å². The summed E-state index contributed by atoms with van der Waals surface area (Å²) >= 11 is 3.67. The molecule has 0 aromatic carbocycles. The van der Waals surface area contributed by atoms with Crippen molar-refractivity contribution in [1.82, 2.24) is 14.9 Å². The highest BCUT2D eigenvalue weighted by molar-refractivity contribution is 7.18. The van der Waals surface area contributed by atoms with Gasteiger partial charge >= 0.3 is 0 Å². The lowest BCUT2D eigenvalue weighted by Gasteiger charge is -2.28. The molecule has 28 heavy (non-hydrogen) atoms. The molecular formula is C21H26N4OS2. The maximum atomic E-state index is 5.50. The lowest BCUT2D eigenvalue weighted by atomic mass is 10.1. The van der Waals surface area contributed by atoms with E-state index >= 15 is 0 Å². The summed E-state index contributed by atoms with van der Waals surface area (Å²) in [4.78, 5) is 19.0. The second-order valence-corrected chi connectivity index (χ2v) is 9.86. The number of fused-ring (bicyclic) bond motifs is 1. The Morgan fingerprint density at radius 3 is 2.82 bits per heavy atom. The molecule has 0 saturated carbocycles. The maximum absolute atomic E-state index is 5.50. The van der Waals surface area contributed by atoms with E-state index in [1.54, 1.807) is 0 Å². The highest BCUT2D eigenvalue weighted by Crippen LogP contribution is 2.42. The summed E-state index contributed by atoms with van der Waals surface area (Å²) in [5.41, 5.74) is 1.34. The first kappa shape index (κ1) is 18.5. The van der Waals surface area contributed by atoms with Crippen LogP contribution >= 0.6 is 22.7 Å². The lowest BCUT2D eigenvalue weighted by molar-refractivity contribution is 0.0331. The zero-order valence-corrected chi connectivity index (χ0v) is 18.1. The molecule has 1 atom stereocenters. The molecule has 0 aliphatic carbocycles. The Labute approximate surface area is 174 Å². The van der Waals surface area contributed by atoms with Crippen molar-refractivity contribution in [3.8, 4) is 0 Å². The Hall–Kier alpha value is -1.54. The van der Waals surface area contributed by atoms with E-state index < -0.39 is 0 Å². The Bertz CT molecular complexity index is 963. The third-order valence-electron chi connectivity index (χ3n) is 5.92. The van der Waals surface area contributed by atoms with Crippen LogP contribution in [0.25, 0.3) is 10.2 Å². The molecule has 5 heterocycles. The van der Waals surface area contributed by atoms with Crippen LogP contribution in [-0.2, 0) is 11.3 Å². The van der Waals surface area contributed by atoms with E-state index in [0.29, 0.717) is 6.04 Å². The van der Waals surface area contributed by atoms with Gasteiger partial charge in [0.05, 0.1) is 31.2 Å². The molecule has 0 radical (unpaired) electrons. The number of hydrogen-bond donors (Lipinski definition) is 0. The summed E-state index contributed by atoms with van der Waals surface area (Å²) < 4.78 is 5.50. The molecule has 2 aliphatic heterocycles. The van der Waals surface area contributed by atoms with Gasteiger partial charge in [-0.3, -0.25) is 4.90 Å². The molecule has 2 saturated heterocycles. The van der Waals surface area contributed by atoms with Gasteiger partial charge in [-0.2, -0.15) is 0 Å². The van der Waals surface area contributed by atoms with Gasteiger partial charge in [-0.05, 0) is 43.7 Å². The Balaban J connectivity index is 1.57. The summed E-state index contributed by atoms with van der Waals surface area (Å²) in [6, 6.07) is 4.87. The summed E-state index contributed by atoms with van der Waals surface area (Å²) in [5, 5.41) is 3.45. The second-order valence-electron chi connectivity index (χ2n) is 7.68. The van der Waals surface area contributed by atoms with Crippen molar-refractivity contribution in [1.29, 1.82) is 0 Å². The fourth-order valence-corrected chi connectivity index (χ4v) is 6.22. The van der Waals surface area contributed by atoms with Gasteiger partial charge in [0.25, 0.3) is 0 Å². The minimum absolute atomic E-state index is 0.439. The van der Waals surface area contributed by atoms with Crippen LogP contribution in [0.2, 0.25) is 0 Å². The Morgan fingerprint density at radius 1 is 1.18 bits per heavy atom. The summed E-state index contributed by atoms with van der Waals surface area (Å²) in [5.74, 6) is 2.09. The van der Waals surface area contributed by atoms with Gasteiger partial charge in [-0.15, -0.1) is 22.7 Å². The molecule has 3 aromatic rings. The van der Waals surface area contributed by atoms with E-state index in [1.165, 1.54) is 33.5 Å². The number of nitrogens with zero attached hydrogens (tertiary/aromatic N) is 4. The number of rotatable bonds is 4. The highest BCUT2D eigenvalue weighted by Gasteiger charge is 2.31. The molecule has 148 valence electrons. The van der Waals surface area contributed by atoms with E-state index in [0.717, 1.165) is 55.9 Å². The first-order valence-electron chi connectivity index (χ1n) is 10.1. The molecule has 0 unspecified atom stereocenters. The van der Waals surface area contributed by atoms with Gasteiger partial charge in [0.2, 0.25) is 0 Å². The Kier molecular flexibility index (Phi) is 5.09. The van der Waals surface area contributed by atoms with Crippen LogP contribution in [0.3, 0.4) is 0 Å². The zero-order valence-electron chi connectivity index (χ0n) is 16.5. The zero-order chi connectivity index (χ0) is 19.1. The van der Waals surface area contributed by atoms with E-state index in [4.69, 9.17) is 14.7 Å². The molecule has 0 N–H and O–H groups in total. The van der Waals surface area contributed by atoms with E-state index in [9.17, 15) is 0 Å². The van der Waals surface area contributed by atoms with Crippen molar-refractivity contribution in [3.63, 3.8) is 0 Å². The molecule has 5 nitrogen and oxygen atoms in total. The van der Waals surface area contributed by atoms with Gasteiger partial charge in [-0.1, -0.05) is 6.07 Å². The number of ether oxygens (including phenoxy) is 1. The SMILES string of the molecule is Cc1sc2nc(CN3CCOCC3)nc(N3CCC[C@@H]3c3cccs3)c2c1C. The summed E-state index contributed by atoms with van der Waals surface area (Å²) in [7, 11) is 0. The van der Waals surface area contributed by atoms with Crippen LogP contribution in [0.15, 0.2) is 17.5 Å². The molecule has 0 spiro atoms. The average Bonchev–Trinajstić information content (AvgIpc) is 3.43. The summed E-state index contributed by atoms with van der Waals surface area (Å²) in [6.45, 7) is 9.83. The molecule has 0 bridgehead atoms. The normalized spacial score (nSPS) is 21.1. The predicted octanol–water partition coefficient (Wildman–Crippen LogP) is 4.54. The van der Waals surface area contributed by atoms with Crippen molar-refractivity contribution in [2.24, 2.45) is 0 Å². The van der Waals surface area contributed by atoms with Gasteiger partial charge in [0.15, 0.2) is 0 Å². The fourth-order valence-electron chi connectivity index (χ4n) is 4.31. The Morgan fingerprint density at radius 2 is 2.04 bits per heavy atom. The lowest BCUT2D eigenvalue weighted by Crippen LogP contribution is -2.36. The van der Waals surface area contributed by atoms with Crippen LogP contribution in [0, 0.1) is 13.8 Å². The van der Waals surface area contributed by atoms with Crippen LogP contribution in [0.1, 0.15) is 40.0 Å². The molecule has 5 rings (SSSR count). The van der Waals surface area contributed by atoms with E-state index in [2.05, 4.69) is 41.2 Å². The fraction of sp³-hybridized carbons (Fsp3) is 0.524. The maximum Gasteiger partial charge on any atom is 0.146 e. The average molecular weight is 415 g/mol. The first-order chi connectivity index (χ1) is 13.7. The molecule has 3 aromatic heterocycles. The third kappa shape index (κ3) is 3.34. The molecular weight excluding hydrogens is 388 g/mol. The monoisotopic (exact) mass is 414 g/mol. The number of thiophene rings is 2. The second kappa shape index (κ2) is 7.71. The number of hydrogen-bond acceptors (Lipinski definition) is 7. The van der Waals surface area contributed by atoms with Gasteiger partial charge in [-0.25, -0.2) is 9.97 Å². The quantitative estimate of drug-likeness (QED) is 0.627. The predicted molar refractivity (Wildman–Crippen MR) is 117 cm³/mol. The van der Waals surface area contributed by atoms with Crippen LogP contribution < -0.4 is 4.90 Å². The van der Waals surface area contributed by atoms with Crippen LogP contribution in [0.5, 0.6) is 0 Å². The van der Waals surface area contributed by atoms with Crippen LogP contribution in [0.4, 0.5) is 5.82 Å². The highest BCUT2D eigenvalue weighted by atomic mass is 32.1. The standard InChI is InChI=1S/C21H26N4OS2/c1-14-15(2)28-21-19(14)20(22-18(23-21)13-24-8-10-26-11-9-24)25-7-3-5-16(25)17-6-4-12-27-17/h4,6,12,16H,3,5,7-11,13H2,1-2H3/t16-/m1/s1. The van der Waals surface area contributed by atoms with Gasteiger partial charge in [0, 0.05) is 29.4 Å². The van der Waals surface area contributed by atoms with E-state index in [-0.39, 0.29) is 0 Å². The van der Waals surface area contributed by atoms with Crippen molar-refractivity contribution in [2.75, 3.05) is 37.7 Å². The summed E-state index contributed by atoms with van der Waals surface area (Å²) in [6.07, 6.45) is 2.42.